The van der Waals surface area contributed by atoms with Crippen molar-refractivity contribution in [3.05, 3.63) is 29.8 Å². The molecule has 0 saturated heterocycles. The van der Waals surface area contributed by atoms with Gasteiger partial charge in [-0.1, -0.05) is 18.2 Å². The van der Waals surface area contributed by atoms with Crippen LogP contribution in [0, 0.1) is 0 Å². The Morgan fingerprint density at radius 1 is 1.29 bits per heavy atom. The molecule has 1 aliphatic rings. The molecule has 21 heavy (non-hydrogen) atoms. The lowest BCUT2D eigenvalue weighted by Gasteiger charge is -2.24. The van der Waals surface area contributed by atoms with E-state index in [-0.39, 0.29) is 35.8 Å². The minimum atomic E-state index is 0. The molecule has 0 radical (unpaired) electrons. The van der Waals surface area contributed by atoms with Gasteiger partial charge >= 0.3 is 0 Å². The van der Waals surface area contributed by atoms with Crippen molar-refractivity contribution >= 4 is 41.5 Å². The highest BCUT2D eigenvalue weighted by Crippen LogP contribution is 2.31. The molecule has 3 N–H and O–H groups in total. The summed E-state index contributed by atoms with van der Waals surface area (Å²) in [6, 6.07) is 7.95. The lowest BCUT2D eigenvalue weighted by atomic mass is 9.91. The van der Waals surface area contributed by atoms with E-state index in [1.165, 1.54) is 5.56 Å². The third kappa shape index (κ3) is 4.87. The van der Waals surface area contributed by atoms with Crippen LogP contribution in [0.4, 0.5) is 5.69 Å². The second-order valence-electron chi connectivity index (χ2n) is 4.79. The molecule has 1 atom stereocenters. The van der Waals surface area contributed by atoms with E-state index in [0.29, 0.717) is 13.0 Å². The fraction of sp³-hybridized carbons (Fsp3) is 0.467. The summed E-state index contributed by atoms with van der Waals surface area (Å²) in [4.78, 5) is 16.3. The quantitative estimate of drug-likeness (QED) is 0.412. The van der Waals surface area contributed by atoms with E-state index in [0.717, 1.165) is 24.7 Å². The Morgan fingerprint density at radius 2 is 1.95 bits per heavy atom. The number of benzene rings is 1. The first-order valence-electron chi connectivity index (χ1n) is 7.15. The predicted octanol–water partition coefficient (Wildman–Crippen LogP) is 2.31. The molecule has 1 aromatic rings. The van der Waals surface area contributed by atoms with E-state index in [1.54, 1.807) is 0 Å². The molecule has 0 bridgehead atoms. The Balaban J connectivity index is 0.00000220. The van der Waals surface area contributed by atoms with Gasteiger partial charge in [-0.15, -0.1) is 24.0 Å². The van der Waals surface area contributed by atoms with E-state index < -0.39 is 0 Å². The van der Waals surface area contributed by atoms with Gasteiger partial charge in [-0.05, 0) is 25.5 Å². The number of halogens is 1. The predicted molar refractivity (Wildman–Crippen MR) is 97.5 cm³/mol. The fourth-order valence-electron chi connectivity index (χ4n) is 2.38. The number of hydrogen-bond acceptors (Lipinski definition) is 2. The minimum absolute atomic E-state index is 0. The van der Waals surface area contributed by atoms with Crippen LogP contribution in [0.2, 0.25) is 0 Å². The van der Waals surface area contributed by atoms with Gasteiger partial charge in [0, 0.05) is 31.1 Å². The molecule has 0 fully saturated rings. The Hall–Kier alpha value is -1.31. The number of para-hydroxylation sites is 1. The van der Waals surface area contributed by atoms with Gasteiger partial charge in [0.25, 0.3) is 0 Å². The van der Waals surface area contributed by atoms with E-state index in [4.69, 9.17) is 0 Å². The number of carbonyl (C=O) groups excluding carboxylic acids is 1. The van der Waals surface area contributed by atoms with Gasteiger partial charge in [-0.2, -0.15) is 0 Å². The topological polar surface area (TPSA) is 65.5 Å². The lowest BCUT2D eigenvalue weighted by Crippen LogP contribution is -2.37. The summed E-state index contributed by atoms with van der Waals surface area (Å²) >= 11 is 0. The van der Waals surface area contributed by atoms with Crippen molar-refractivity contribution in [1.82, 2.24) is 10.6 Å². The van der Waals surface area contributed by atoms with Gasteiger partial charge in [0.1, 0.15) is 0 Å². The number of amides is 1. The zero-order valence-electron chi connectivity index (χ0n) is 12.5. The van der Waals surface area contributed by atoms with Crippen LogP contribution in [0.3, 0.4) is 0 Å². The largest absolute Gasteiger partial charge is 0.357 e. The van der Waals surface area contributed by atoms with Crippen molar-refractivity contribution in [2.45, 2.75) is 26.2 Å². The first kappa shape index (κ1) is 17.7. The minimum Gasteiger partial charge on any atom is -0.357 e. The molecule has 116 valence electrons. The molecule has 0 spiro atoms. The normalized spacial score (nSPS) is 16.1. The Bertz CT molecular complexity index is 496. The molecule has 1 aliphatic heterocycles. The molecule has 1 aromatic carbocycles. The zero-order valence-corrected chi connectivity index (χ0v) is 14.8. The van der Waals surface area contributed by atoms with E-state index in [1.807, 2.05) is 32.0 Å². The van der Waals surface area contributed by atoms with Gasteiger partial charge in [0.05, 0.1) is 6.54 Å². The Kier molecular flexibility index (Phi) is 7.49. The van der Waals surface area contributed by atoms with Crippen LogP contribution in [-0.2, 0) is 4.79 Å². The second-order valence-corrected chi connectivity index (χ2v) is 4.79. The summed E-state index contributed by atoms with van der Waals surface area (Å²) in [6.45, 7) is 6.34. The third-order valence-electron chi connectivity index (χ3n) is 3.26. The maximum Gasteiger partial charge on any atom is 0.225 e. The molecule has 1 unspecified atom stereocenters. The highest BCUT2D eigenvalue weighted by Gasteiger charge is 2.24. The molecule has 0 aliphatic carbocycles. The molecule has 1 amide bonds. The Morgan fingerprint density at radius 3 is 2.62 bits per heavy atom. The number of nitrogens with one attached hydrogen (secondary N) is 3. The monoisotopic (exact) mass is 402 g/mol. The maximum absolute atomic E-state index is 11.7. The number of aliphatic imine (C=N–C) groups is 1. The number of nitrogens with zero attached hydrogens (tertiary/aromatic N) is 1. The molecule has 1 heterocycles. The molecule has 0 aromatic heterocycles. The average molecular weight is 402 g/mol. The smallest absolute Gasteiger partial charge is 0.225 e. The molecule has 2 rings (SSSR count). The number of rotatable bonds is 4. The SMILES string of the molecule is CCNC(=NCC1CC(=O)Nc2ccccc21)NCC.I. The van der Waals surface area contributed by atoms with Crippen LogP contribution in [0.15, 0.2) is 29.3 Å². The number of guanidine groups is 1. The molecule has 0 saturated carbocycles. The third-order valence-corrected chi connectivity index (χ3v) is 3.26. The molecule has 6 heteroatoms. The van der Waals surface area contributed by atoms with Crippen LogP contribution >= 0.6 is 24.0 Å². The summed E-state index contributed by atoms with van der Waals surface area (Å²) in [5.41, 5.74) is 2.08. The van der Waals surface area contributed by atoms with Gasteiger partial charge < -0.3 is 16.0 Å². The van der Waals surface area contributed by atoms with E-state index >= 15 is 0 Å². The van der Waals surface area contributed by atoms with E-state index in [2.05, 4.69) is 27.0 Å². The molecule has 5 nitrogen and oxygen atoms in total. The summed E-state index contributed by atoms with van der Waals surface area (Å²) in [5, 5.41) is 9.30. The number of carbonyl (C=O) groups is 1. The van der Waals surface area contributed by atoms with Crippen LogP contribution in [-0.4, -0.2) is 31.5 Å². The first-order chi connectivity index (χ1) is 9.74. The average Bonchev–Trinajstić information content (AvgIpc) is 2.44. The number of hydrogen-bond donors (Lipinski definition) is 3. The Labute approximate surface area is 143 Å². The second kappa shape index (κ2) is 8.86. The van der Waals surface area contributed by atoms with Gasteiger partial charge in [0.15, 0.2) is 5.96 Å². The van der Waals surface area contributed by atoms with Crippen LogP contribution in [0.1, 0.15) is 31.7 Å². The van der Waals surface area contributed by atoms with E-state index in [9.17, 15) is 4.79 Å². The summed E-state index contributed by atoms with van der Waals surface area (Å²) in [6.07, 6.45) is 0.492. The first-order valence-corrected chi connectivity index (χ1v) is 7.15. The van der Waals surface area contributed by atoms with Crippen molar-refractivity contribution < 1.29 is 4.79 Å². The van der Waals surface area contributed by atoms with Crippen molar-refractivity contribution in [3.63, 3.8) is 0 Å². The van der Waals surface area contributed by atoms with Crippen LogP contribution in [0.25, 0.3) is 0 Å². The standard InChI is InChI=1S/C15H22N4O.HI/c1-3-16-15(17-4-2)18-10-11-9-14(20)19-13-8-6-5-7-12(11)13;/h5-8,11H,3-4,9-10H2,1-2H3,(H,19,20)(H2,16,17,18);1H. The number of fused-ring (bicyclic) bond motifs is 1. The summed E-state index contributed by atoms with van der Waals surface area (Å²) < 4.78 is 0. The fourth-order valence-corrected chi connectivity index (χ4v) is 2.38. The highest BCUT2D eigenvalue weighted by molar-refractivity contribution is 14.0. The van der Waals surface area contributed by atoms with Crippen LogP contribution < -0.4 is 16.0 Å². The molecular formula is C15H23IN4O. The van der Waals surface area contributed by atoms with Gasteiger partial charge in [0.2, 0.25) is 5.91 Å². The van der Waals surface area contributed by atoms with Gasteiger partial charge in [-0.3, -0.25) is 9.79 Å². The van der Waals surface area contributed by atoms with Crippen molar-refractivity contribution in [2.75, 3.05) is 25.0 Å². The molecular weight excluding hydrogens is 379 g/mol. The lowest BCUT2D eigenvalue weighted by molar-refractivity contribution is -0.116. The van der Waals surface area contributed by atoms with Crippen molar-refractivity contribution in [1.29, 1.82) is 0 Å². The van der Waals surface area contributed by atoms with Crippen molar-refractivity contribution in [2.24, 2.45) is 4.99 Å². The highest BCUT2D eigenvalue weighted by atomic mass is 127. The van der Waals surface area contributed by atoms with Crippen molar-refractivity contribution in [3.8, 4) is 0 Å². The maximum atomic E-state index is 11.7. The number of anilines is 1. The summed E-state index contributed by atoms with van der Waals surface area (Å²) in [7, 11) is 0. The zero-order chi connectivity index (χ0) is 14.4. The van der Waals surface area contributed by atoms with Gasteiger partial charge in [-0.25, -0.2) is 0 Å². The van der Waals surface area contributed by atoms with Crippen LogP contribution in [0.5, 0.6) is 0 Å². The summed E-state index contributed by atoms with van der Waals surface area (Å²) in [5.74, 6) is 1.02.